The third-order valence-electron chi connectivity index (χ3n) is 2.38. The molecular formula is C13H11ClN4. The van der Waals surface area contributed by atoms with Crippen molar-refractivity contribution >= 4 is 11.6 Å². The summed E-state index contributed by atoms with van der Waals surface area (Å²) in [5.74, 6) is 0.711. The Morgan fingerprint density at radius 3 is 2.83 bits per heavy atom. The maximum Gasteiger partial charge on any atom is 0.133 e. The standard InChI is InChI=1S/C13H11ClN4/c1-2-3-13-17-11(5-12(14)18-13)10-4-9(6-15)7-16-8-10/h4-5,7-8H,2-3H2,1H3. The van der Waals surface area contributed by atoms with E-state index in [-0.39, 0.29) is 0 Å². The molecule has 0 spiro atoms. The fourth-order valence-corrected chi connectivity index (χ4v) is 1.79. The lowest BCUT2D eigenvalue weighted by molar-refractivity contribution is 0.836. The Labute approximate surface area is 110 Å². The molecule has 0 bridgehead atoms. The molecule has 0 fully saturated rings. The zero-order valence-electron chi connectivity index (χ0n) is 9.89. The van der Waals surface area contributed by atoms with E-state index in [1.54, 1.807) is 18.3 Å². The molecule has 0 aliphatic carbocycles. The Morgan fingerprint density at radius 1 is 1.28 bits per heavy atom. The van der Waals surface area contributed by atoms with Gasteiger partial charge in [0.05, 0.1) is 11.3 Å². The van der Waals surface area contributed by atoms with Crippen molar-refractivity contribution in [2.75, 3.05) is 0 Å². The molecule has 0 aromatic carbocycles. The van der Waals surface area contributed by atoms with Gasteiger partial charge >= 0.3 is 0 Å². The second-order valence-electron chi connectivity index (χ2n) is 3.82. The Kier molecular flexibility index (Phi) is 3.85. The van der Waals surface area contributed by atoms with Crippen LogP contribution in [0.3, 0.4) is 0 Å². The van der Waals surface area contributed by atoms with Crippen molar-refractivity contribution < 1.29 is 0 Å². The van der Waals surface area contributed by atoms with Gasteiger partial charge in [0, 0.05) is 30.4 Å². The van der Waals surface area contributed by atoms with E-state index in [0.717, 1.165) is 18.4 Å². The summed E-state index contributed by atoms with van der Waals surface area (Å²) in [6, 6.07) is 5.47. The van der Waals surface area contributed by atoms with Crippen LogP contribution < -0.4 is 0 Å². The van der Waals surface area contributed by atoms with Gasteiger partial charge in [0.1, 0.15) is 17.0 Å². The van der Waals surface area contributed by atoms with E-state index in [4.69, 9.17) is 16.9 Å². The molecule has 5 heteroatoms. The van der Waals surface area contributed by atoms with Crippen LogP contribution in [0.15, 0.2) is 24.5 Å². The summed E-state index contributed by atoms with van der Waals surface area (Å²) in [5, 5.41) is 9.26. The third kappa shape index (κ3) is 2.82. The molecule has 0 amide bonds. The Hall–Kier alpha value is -1.99. The van der Waals surface area contributed by atoms with Crippen molar-refractivity contribution in [2.45, 2.75) is 19.8 Å². The van der Waals surface area contributed by atoms with E-state index < -0.39 is 0 Å². The topological polar surface area (TPSA) is 62.5 Å². The third-order valence-corrected chi connectivity index (χ3v) is 2.57. The summed E-state index contributed by atoms with van der Waals surface area (Å²) >= 11 is 5.97. The number of nitriles is 1. The number of aryl methyl sites for hydroxylation is 1. The summed E-state index contributed by atoms with van der Waals surface area (Å²) < 4.78 is 0. The van der Waals surface area contributed by atoms with E-state index in [9.17, 15) is 0 Å². The van der Waals surface area contributed by atoms with Crippen LogP contribution in [-0.4, -0.2) is 15.0 Å². The van der Waals surface area contributed by atoms with Crippen LogP contribution in [0, 0.1) is 11.3 Å². The average Bonchev–Trinajstić information content (AvgIpc) is 2.38. The molecule has 0 aliphatic rings. The van der Waals surface area contributed by atoms with Gasteiger partial charge in [-0.25, -0.2) is 9.97 Å². The molecule has 0 unspecified atom stereocenters. The lowest BCUT2D eigenvalue weighted by atomic mass is 10.1. The number of halogens is 1. The zero-order chi connectivity index (χ0) is 13.0. The highest BCUT2D eigenvalue weighted by Crippen LogP contribution is 2.20. The molecule has 18 heavy (non-hydrogen) atoms. The van der Waals surface area contributed by atoms with Crippen molar-refractivity contribution in [3.05, 3.63) is 41.1 Å². The van der Waals surface area contributed by atoms with E-state index >= 15 is 0 Å². The highest BCUT2D eigenvalue weighted by Gasteiger charge is 2.06. The molecule has 2 heterocycles. The molecule has 2 aromatic rings. The van der Waals surface area contributed by atoms with Gasteiger partial charge in [-0.2, -0.15) is 5.26 Å². The minimum atomic E-state index is 0.408. The first kappa shape index (κ1) is 12.5. The summed E-state index contributed by atoms with van der Waals surface area (Å²) in [6.45, 7) is 2.06. The van der Waals surface area contributed by atoms with Crippen LogP contribution in [-0.2, 0) is 6.42 Å². The normalized spacial score (nSPS) is 10.1. The quantitative estimate of drug-likeness (QED) is 0.794. The molecule has 2 rings (SSSR count). The first-order chi connectivity index (χ1) is 8.72. The maximum absolute atomic E-state index is 8.85. The van der Waals surface area contributed by atoms with Crippen LogP contribution >= 0.6 is 11.6 Å². The minimum Gasteiger partial charge on any atom is -0.263 e. The summed E-state index contributed by atoms with van der Waals surface area (Å²) in [5.41, 5.74) is 1.97. The highest BCUT2D eigenvalue weighted by molar-refractivity contribution is 6.29. The molecule has 0 saturated heterocycles. The molecule has 90 valence electrons. The number of hydrogen-bond donors (Lipinski definition) is 0. The van der Waals surface area contributed by atoms with E-state index in [1.165, 1.54) is 6.20 Å². The number of pyridine rings is 1. The number of aromatic nitrogens is 3. The Morgan fingerprint density at radius 2 is 2.11 bits per heavy atom. The maximum atomic E-state index is 8.85. The average molecular weight is 259 g/mol. The van der Waals surface area contributed by atoms with Gasteiger partial charge in [-0.1, -0.05) is 18.5 Å². The summed E-state index contributed by atoms with van der Waals surface area (Å²) in [7, 11) is 0. The summed E-state index contributed by atoms with van der Waals surface area (Å²) in [4.78, 5) is 12.6. The van der Waals surface area contributed by atoms with E-state index in [2.05, 4.69) is 27.9 Å². The molecule has 0 radical (unpaired) electrons. The number of nitrogens with zero attached hydrogens (tertiary/aromatic N) is 4. The smallest absolute Gasteiger partial charge is 0.133 e. The van der Waals surface area contributed by atoms with Gasteiger partial charge < -0.3 is 0 Å². The van der Waals surface area contributed by atoms with Gasteiger partial charge in [-0.15, -0.1) is 0 Å². The summed E-state index contributed by atoms with van der Waals surface area (Å²) in [6.07, 6.45) is 4.91. The fraction of sp³-hybridized carbons (Fsp3) is 0.231. The second-order valence-corrected chi connectivity index (χ2v) is 4.20. The molecule has 4 nitrogen and oxygen atoms in total. The first-order valence-electron chi connectivity index (χ1n) is 5.62. The predicted octanol–water partition coefficient (Wildman–Crippen LogP) is 3.02. The Bertz CT molecular complexity index is 604. The molecule has 0 N–H and O–H groups in total. The van der Waals surface area contributed by atoms with Crippen LogP contribution in [0.25, 0.3) is 11.3 Å². The molecular weight excluding hydrogens is 248 g/mol. The molecule has 0 aliphatic heterocycles. The van der Waals surface area contributed by atoms with Gasteiger partial charge in [0.25, 0.3) is 0 Å². The lowest BCUT2D eigenvalue weighted by Crippen LogP contribution is -1.97. The van der Waals surface area contributed by atoms with Crippen molar-refractivity contribution in [3.63, 3.8) is 0 Å². The second kappa shape index (κ2) is 5.56. The Balaban J connectivity index is 2.46. The first-order valence-corrected chi connectivity index (χ1v) is 5.99. The largest absolute Gasteiger partial charge is 0.263 e. The van der Waals surface area contributed by atoms with Crippen LogP contribution in [0.1, 0.15) is 24.7 Å². The van der Waals surface area contributed by atoms with Crippen LogP contribution in [0.2, 0.25) is 5.15 Å². The minimum absolute atomic E-state index is 0.408. The fourth-order valence-electron chi connectivity index (χ4n) is 1.59. The van der Waals surface area contributed by atoms with Crippen molar-refractivity contribution in [3.8, 4) is 17.3 Å². The van der Waals surface area contributed by atoms with Gasteiger partial charge in [0.15, 0.2) is 0 Å². The van der Waals surface area contributed by atoms with Crippen molar-refractivity contribution in [2.24, 2.45) is 0 Å². The van der Waals surface area contributed by atoms with Gasteiger partial charge in [0.2, 0.25) is 0 Å². The van der Waals surface area contributed by atoms with Crippen molar-refractivity contribution in [1.29, 1.82) is 5.26 Å². The van der Waals surface area contributed by atoms with Gasteiger partial charge in [-0.05, 0) is 12.5 Å². The number of rotatable bonds is 3. The van der Waals surface area contributed by atoms with Crippen LogP contribution in [0.5, 0.6) is 0 Å². The monoisotopic (exact) mass is 258 g/mol. The van der Waals surface area contributed by atoms with E-state index in [1.807, 2.05) is 0 Å². The number of hydrogen-bond acceptors (Lipinski definition) is 4. The molecule has 2 aromatic heterocycles. The van der Waals surface area contributed by atoms with Gasteiger partial charge in [-0.3, -0.25) is 4.98 Å². The predicted molar refractivity (Wildman–Crippen MR) is 69.0 cm³/mol. The van der Waals surface area contributed by atoms with E-state index in [0.29, 0.717) is 22.2 Å². The molecule has 0 saturated carbocycles. The van der Waals surface area contributed by atoms with Crippen LogP contribution in [0.4, 0.5) is 0 Å². The highest BCUT2D eigenvalue weighted by atomic mass is 35.5. The SMILES string of the molecule is CCCc1nc(Cl)cc(-c2cncc(C#N)c2)n1. The zero-order valence-corrected chi connectivity index (χ0v) is 10.6. The van der Waals surface area contributed by atoms with Crippen molar-refractivity contribution in [1.82, 2.24) is 15.0 Å². The lowest BCUT2D eigenvalue weighted by Gasteiger charge is -2.04. The molecule has 0 atom stereocenters.